The molecule has 1 saturated heterocycles. The van der Waals surface area contributed by atoms with Gasteiger partial charge in [0.15, 0.2) is 0 Å². The minimum atomic E-state index is 0.120. The maximum atomic E-state index is 12.8. The SMILES string of the molecule is O=C(Cc1cccc2cccnc12)NCC1(N2CCCCC2)CCCCC1. The molecule has 144 valence electrons. The highest BCUT2D eigenvalue weighted by Gasteiger charge is 2.38. The monoisotopic (exact) mass is 365 g/mol. The number of pyridine rings is 1. The number of likely N-dealkylation sites (tertiary alicyclic amines) is 1. The number of para-hydroxylation sites is 1. The minimum absolute atomic E-state index is 0.120. The fourth-order valence-corrected chi connectivity index (χ4v) is 4.99. The van der Waals surface area contributed by atoms with Gasteiger partial charge in [0.2, 0.25) is 5.91 Å². The molecule has 1 aromatic heterocycles. The van der Waals surface area contributed by atoms with Crippen molar-refractivity contribution in [3.05, 3.63) is 42.1 Å². The summed E-state index contributed by atoms with van der Waals surface area (Å²) < 4.78 is 0. The summed E-state index contributed by atoms with van der Waals surface area (Å²) >= 11 is 0. The second kappa shape index (κ2) is 8.39. The lowest BCUT2D eigenvalue weighted by atomic mass is 9.79. The summed E-state index contributed by atoms with van der Waals surface area (Å²) in [7, 11) is 0. The number of amides is 1. The van der Waals surface area contributed by atoms with E-state index in [1.54, 1.807) is 6.20 Å². The van der Waals surface area contributed by atoms with E-state index in [2.05, 4.69) is 27.3 Å². The molecule has 4 nitrogen and oxygen atoms in total. The molecular formula is C23H31N3O. The fraction of sp³-hybridized carbons (Fsp3) is 0.565. The zero-order valence-electron chi connectivity index (χ0n) is 16.3. The number of rotatable bonds is 5. The highest BCUT2D eigenvalue weighted by molar-refractivity contribution is 5.87. The van der Waals surface area contributed by atoms with Crippen molar-refractivity contribution in [3.63, 3.8) is 0 Å². The van der Waals surface area contributed by atoms with Crippen molar-refractivity contribution in [3.8, 4) is 0 Å². The van der Waals surface area contributed by atoms with Crippen LogP contribution in [0.25, 0.3) is 10.9 Å². The van der Waals surface area contributed by atoms with E-state index in [0.29, 0.717) is 6.42 Å². The van der Waals surface area contributed by atoms with Gasteiger partial charge in [-0.15, -0.1) is 0 Å². The average Bonchev–Trinajstić information content (AvgIpc) is 2.74. The Labute approximate surface area is 162 Å². The van der Waals surface area contributed by atoms with Crippen LogP contribution in [0.4, 0.5) is 0 Å². The second-order valence-corrected chi connectivity index (χ2v) is 8.28. The van der Waals surface area contributed by atoms with E-state index < -0.39 is 0 Å². The Hall–Kier alpha value is -1.94. The van der Waals surface area contributed by atoms with Crippen LogP contribution in [0.1, 0.15) is 56.9 Å². The Morgan fingerprint density at radius 1 is 1.00 bits per heavy atom. The molecule has 0 bridgehead atoms. The summed E-state index contributed by atoms with van der Waals surface area (Å²) in [6.07, 6.45) is 12.5. The molecule has 0 unspecified atom stereocenters. The number of benzene rings is 1. The zero-order chi connectivity index (χ0) is 18.5. The molecule has 27 heavy (non-hydrogen) atoms. The predicted molar refractivity (Wildman–Crippen MR) is 110 cm³/mol. The highest BCUT2D eigenvalue weighted by atomic mass is 16.1. The molecule has 4 rings (SSSR count). The van der Waals surface area contributed by atoms with Gasteiger partial charge in [-0.25, -0.2) is 0 Å². The Morgan fingerprint density at radius 2 is 1.74 bits per heavy atom. The van der Waals surface area contributed by atoms with Crippen molar-refractivity contribution in [2.45, 2.75) is 63.3 Å². The van der Waals surface area contributed by atoms with E-state index in [4.69, 9.17) is 0 Å². The molecule has 0 radical (unpaired) electrons. The summed E-state index contributed by atoms with van der Waals surface area (Å²) in [5.74, 6) is 0.120. The molecular weight excluding hydrogens is 334 g/mol. The topological polar surface area (TPSA) is 45.2 Å². The largest absolute Gasteiger partial charge is 0.354 e. The molecule has 1 aliphatic heterocycles. The number of carbonyl (C=O) groups is 1. The van der Waals surface area contributed by atoms with E-state index >= 15 is 0 Å². The van der Waals surface area contributed by atoms with E-state index in [1.807, 2.05) is 18.2 Å². The minimum Gasteiger partial charge on any atom is -0.354 e. The van der Waals surface area contributed by atoms with Gasteiger partial charge in [0.25, 0.3) is 0 Å². The highest BCUT2D eigenvalue weighted by Crippen LogP contribution is 2.35. The molecule has 0 spiro atoms. The molecule has 4 heteroatoms. The Kier molecular flexibility index (Phi) is 5.72. The molecule has 1 aromatic carbocycles. The number of nitrogens with one attached hydrogen (secondary N) is 1. The van der Waals surface area contributed by atoms with Gasteiger partial charge in [-0.1, -0.05) is 49.9 Å². The van der Waals surface area contributed by atoms with Crippen LogP contribution in [0.2, 0.25) is 0 Å². The van der Waals surface area contributed by atoms with Crippen molar-refractivity contribution in [1.29, 1.82) is 0 Å². The van der Waals surface area contributed by atoms with E-state index in [1.165, 1.54) is 64.5 Å². The number of aromatic nitrogens is 1. The van der Waals surface area contributed by atoms with Crippen molar-refractivity contribution >= 4 is 16.8 Å². The quantitative estimate of drug-likeness (QED) is 0.868. The maximum absolute atomic E-state index is 12.8. The molecule has 1 amide bonds. The summed E-state index contributed by atoms with van der Waals surface area (Å²) in [4.78, 5) is 19.9. The summed E-state index contributed by atoms with van der Waals surface area (Å²) in [5.41, 5.74) is 2.14. The van der Waals surface area contributed by atoms with Gasteiger partial charge in [0, 0.05) is 23.7 Å². The number of carbonyl (C=O) groups excluding carboxylic acids is 1. The van der Waals surface area contributed by atoms with Crippen LogP contribution < -0.4 is 5.32 Å². The van der Waals surface area contributed by atoms with Crippen LogP contribution in [0.5, 0.6) is 0 Å². The number of piperidine rings is 1. The Balaban J connectivity index is 1.43. The van der Waals surface area contributed by atoms with Gasteiger partial charge in [-0.2, -0.15) is 0 Å². The maximum Gasteiger partial charge on any atom is 0.224 e. The van der Waals surface area contributed by atoms with E-state index in [0.717, 1.165) is 23.0 Å². The summed E-state index contributed by atoms with van der Waals surface area (Å²) in [5, 5.41) is 4.39. The van der Waals surface area contributed by atoms with Crippen LogP contribution in [-0.2, 0) is 11.2 Å². The number of nitrogens with zero attached hydrogens (tertiary/aromatic N) is 2. The van der Waals surface area contributed by atoms with Crippen LogP contribution in [0, 0.1) is 0 Å². The standard InChI is InChI=1S/C23H31N3O/c27-21(17-20-10-7-9-19-11-8-14-24-22(19)20)25-18-23(12-3-1-4-13-23)26-15-5-2-6-16-26/h7-11,14H,1-6,12-13,15-18H2,(H,25,27). The zero-order valence-corrected chi connectivity index (χ0v) is 16.3. The first-order valence-corrected chi connectivity index (χ1v) is 10.6. The van der Waals surface area contributed by atoms with Gasteiger partial charge in [-0.3, -0.25) is 14.7 Å². The molecule has 2 fully saturated rings. The third-order valence-electron chi connectivity index (χ3n) is 6.49. The van der Waals surface area contributed by atoms with Gasteiger partial charge in [0.05, 0.1) is 11.9 Å². The third-order valence-corrected chi connectivity index (χ3v) is 6.49. The molecule has 2 aliphatic rings. The lowest BCUT2D eigenvalue weighted by Gasteiger charge is -2.48. The first-order valence-electron chi connectivity index (χ1n) is 10.6. The van der Waals surface area contributed by atoms with Gasteiger partial charge < -0.3 is 5.32 Å². The normalized spacial score (nSPS) is 20.4. The number of fused-ring (bicyclic) bond motifs is 1. The summed E-state index contributed by atoms with van der Waals surface area (Å²) in [6, 6.07) is 10.1. The molecule has 1 aliphatic carbocycles. The van der Waals surface area contributed by atoms with Crippen molar-refractivity contribution in [1.82, 2.24) is 15.2 Å². The first-order chi connectivity index (χ1) is 13.3. The van der Waals surface area contributed by atoms with Crippen LogP contribution in [-0.4, -0.2) is 41.0 Å². The summed E-state index contributed by atoms with van der Waals surface area (Å²) in [6.45, 7) is 3.19. The Bertz CT molecular complexity index is 771. The van der Waals surface area contributed by atoms with Crippen molar-refractivity contribution in [2.75, 3.05) is 19.6 Å². The van der Waals surface area contributed by atoms with Crippen LogP contribution in [0.3, 0.4) is 0 Å². The second-order valence-electron chi connectivity index (χ2n) is 8.28. The first kappa shape index (κ1) is 18.4. The average molecular weight is 366 g/mol. The third kappa shape index (κ3) is 4.16. The van der Waals surface area contributed by atoms with Gasteiger partial charge >= 0.3 is 0 Å². The molecule has 2 aromatic rings. The van der Waals surface area contributed by atoms with Crippen LogP contribution >= 0.6 is 0 Å². The number of hydrogen-bond acceptors (Lipinski definition) is 3. The fourth-order valence-electron chi connectivity index (χ4n) is 4.99. The molecule has 1 saturated carbocycles. The lowest BCUT2D eigenvalue weighted by molar-refractivity contribution is -0.121. The predicted octanol–water partition coefficient (Wildman–Crippen LogP) is 4.08. The molecule has 1 N–H and O–H groups in total. The molecule has 2 heterocycles. The van der Waals surface area contributed by atoms with Crippen molar-refractivity contribution < 1.29 is 4.79 Å². The van der Waals surface area contributed by atoms with Gasteiger partial charge in [-0.05, 0) is 50.4 Å². The molecule has 0 atom stereocenters. The van der Waals surface area contributed by atoms with Crippen molar-refractivity contribution in [2.24, 2.45) is 0 Å². The van der Waals surface area contributed by atoms with Gasteiger partial charge in [0.1, 0.15) is 0 Å². The van der Waals surface area contributed by atoms with E-state index in [9.17, 15) is 4.79 Å². The van der Waals surface area contributed by atoms with E-state index in [-0.39, 0.29) is 11.4 Å². The van der Waals surface area contributed by atoms with Crippen LogP contribution in [0.15, 0.2) is 36.5 Å². The lowest BCUT2D eigenvalue weighted by Crippen LogP contribution is -2.58. The smallest absolute Gasteiger partial charge is 0.224 e. The Morgan fingerprint density at radius 3 is 2.56 bits per heavy atom. The number of hydrogen-bond donors (Lipinski definition) is 1.